The van der Waals surface area contributed by atoms with E-state index in [0.29, 0.717) is 0 Å². The molecule has 1 heterocycles. The van der Waals surface area contributed by atoms with E-state index in [1.54, 1.807) is 0 Å². The van der Waals surface area contributed by atoms with Crippen LogP contribution >= 0.6 is 0 Å². The van der Waals surface area contributed by atoms with E-state index in [-0.39, 0.29) is 0 Å². The number of aryl methyl sites for hydroxylation is 1. The van der Waals surface area contributed by atoms with Crippen molar-refractivity contribution < 1.29 is 0 Å². The van der Waals surface area contributed by atoms with Gasteiger partial charge in [0.2, 0.25) is 0 Å². The Kier molecular flexibility index (Phi) is 3.11. The zero-order valence-electron chi connectivity index (χ0n) is 10.9. The van der Waals surface area contributed by atoms with Crippen molar-refractivity contribution in [3.05, 3.63) is 77.6 Å². The second kappa shape index (κ2) is 5.07. The SMILES string of the molecule is Cc1cc(/C=C/c2cccc3ccccc23)ccn1. The van der Waals surface area contributed by atoms with Gasteiger partial charge in [0.15, 0.2) is 0 Å². The number of aromatic nitrogens is 1. The molecule has 1 aromatic heterocycles. The quantitative estimate of drug-likeness (QED) is 0.637. The molecular weight excluding hydrogens is 230 g/mol. The minimum absolute atomic E-state index is 1.04. The second-order valence-corrected chi connectivity index (χ2v) is 4.63. The number of hydrogen-bond acceptors (Lipinski definition) is 1. The van der Waals surface area contributed by atoms with Gasteiger partial charge in [-0.3, -0.25) is 4.98 Å². The first-order valence-electron chi connectivity index (χ1n) is 6.41. The Morgan fingerprint density at radius 1 is 0.895 bits per heavy atom. The van der Waals surface area contributed by atoms with Crippen LogP contribution in [0.4, 0.5) is 0 Å². The highest BCUT2D eigenvalue weighted by Gasteiger charge is 1.96. The molecule has 3 aromatic rings. The topological polar surface area (TPSA) is 12.9 Å². The lowest BCUT2D eigenvalue weighted by Crippen LogP contribution is -1.81. The first-order chi connectivity index (χ1) is 9.33. The molecule has 0 bridgehead atoms. The van der Waals surface area contributed by atoms with Gasteiger partial charge >= 0.3 is 0 Å². The molecule has 0 aliphatic carbocycles. The molecule has 0 N–H and O–H groups in total. The van der Waals surface area contributed by atoms with E-state index in [0.717, 1.165) is 5.69 Å². The maximum Gasteiger partial charge on any atom is 0.0378 e. The molecule has 0 unspecified atom stereocenters. The van der Waals surface area contributed by atoms with E-state index < -0.39 is 0 Å². The largest absolute Gasteiger partial charge is 0.262 e. The predicted molar refractivity (Wildman–Crippen MR) is 81.9 cm³/mol. The summed E-state index contributed by atoms with van der Waals surface area (Å²) in [5.74, 6) is 0. The van der Waals surface area contributed by atoms with Crippen molar-refractivity contribution in [3.8, 4) is 0 Å². The third-order valence-electron chi connectivity index (χ3n) is 3.20. The highest BCUT2D eigenvalue weighted by Crippen LogP contribution is 2.20. The smallest absolute Gasteiger partial charge is 0.0378 e. The van der Waals surface area contributed by atoms with Gasteiger partial charge in [-0.25, -0.2) is 0 Å². The van der Waals surface area contributed by atoms with Crippen molar-refractivity contribution in [1.82, 2.24) is 4.98 Å². The van der Waals surface area contributed by atoms with Crippen molar-refractivity contribution in [3.63, 3.8) is 0 Å². The summed E-state index contributed by atoms with van der Waals surface area (Å²) < 4.78 is 0. The van der Waals surface area contributed by atoms with Gasteiger partial charge in [-0.15, -0.1) is 0 Å². The molecule has 19 heavy (non-hydrogen) atoms. The fourth-order valence-electron chi connectivity index (χ4n) is 2.25. The van der Waals surface area contributed by atoms with Gasteiger partial charge in [0.05, 0.1) is 0 Å². The molecule has 0 atom stereocenters. The highest BCUT2D eigenvalue weighted by atomic mass is 14.6. The third kappa shape index (κ3) is 2.55. The summed E-state index contributed by atoms with van der Waals surface area (Å²) in [4.78, 5) is 4.21. The molecule has 0 saturated carbocycles. The van der Waals surface area contributed by atoms with Crippen molar-refractivity contribution in [2.45, 2.75) is 6.92 Å². The van der Waals surface area contributed by atoms with Gasteiger partial charge < -0.3 is 0 Å². The lowest BCUT2D eigenvalue weighted by molar-refractivity contribution is 1.20. The zero-order chi connectivity index (χ0) is 13.1. The maximum atomic E-state index is 4.21. The first kappa shape index (κ1) is 11.7. The molecule has 0 aliphatic heterocycles. The monoisotopic (exact) mass is 245 g/mol. The van der Waals surface area contributed by atoms with Gasteiger partial charge in [-0.1, -0.05) is 54.6 Å². The third-order valence-corrected chi connectivity index (χ3v) is 3.20. The Morgan fingerprint density at radius 3 is 2.63 bits per heavy atom. The van der Waals surface area contributed by atoms with Gasteiger partial charge in [-0.2, -0.15) is 0 Å². The molecule has 0 radical (unpaired) electrons. The van der Waals surface area contributed by atoms with Crippen molar-refractivity contribution >= 4 is 22.9 Å². The van der Waals surface area contributed by atoms with E-state index in [9.17, 15) is 0 Å². The van der Waals surface area contributed by atoms with Crippen LogP contribution < -0.4 is 0 Å². The Bertz CT molecular complexity index is 736. The molecule has 0 fully saturated rings. The van der Waals surface area contributed by atoms with Crippen LogP contribution in [0.3, 0.4) is 0 Å². The second-order valence-electron chi connectivity index (χ2n) is 4.63. The number of rotatable bonds is 2. The van der Waals surface area contributed by atoms with Crippen LogP contribution in [0, 0.1) is 6.92 Å². The average molecular weight is 245 g/mol. The van der Waals surface area contributed by atoms with E-state index in [1.165, 1.54) is 21.9 Å². The van der Waals surface area contributed by atoms with E-state index in [1.807, 2.05) is 19.2 Å². The van der Waals surface area contributed by atoms with E-state index >= 15 is 0 Å². The Balaban J connectivity index is 2.02. The van der Waals surface area contributed by atoms with Gasteiger partial charge in [0.25, 0.3) is 0 Å². The fourth-order valence-corrected chi connectivity index (χ4v) is 2.25. The van der Waals surface area contributed by atoms with Crippen molar-refractivity contribution in [1.29, 1.82) is 0 Å². The molecular formula is C18H15N. The molecule has 0 spiro atoms. The first-order valence-corrected chi connectivity index (χ1v) is 6.41. The van der Waals surface area contributed by atoms with Crippen LogP contribution in [0.15, 0.2) is 60.8 Å². The highest BCUT2D eigenvalue weighted by molar-refractivity contribution is 5.92. The predicted octanol–water partition coefficient (Wildman–Crippen LogP) is 4.71. The fraction of sp³-hybridized carbons (Fsp3) is 0.0556. The minimum atomic E-state index is 1.04. The summed E-state index contributed by atoms with van der Waals surface area (Å²) in [6.45, 7) is 2.01. The van der Waals surface area contributed by atoms with Crippen LogP contribution in [-0.2, 0) is 0 Å². The van der Waals surface area contributed by atoms with E-state index in [4.69, 9.17) is 0 Å². The van der Waals surface area contributed by atoms with Gasteiger partial charge in [0.1, 0.15) is 0 Å². The summed E-state index contributed by atoms with van der Waals surface area (Å²) in [5, 5.41) is 2.56. The van der Waals surface area contributed by atoms with Crippen molar-refractivity contribution in [2.24, 2.45) is 0 Å². The lowest BCUT2D eigenvalue weighted by atomic mass is 10.0. The van der Waals surface area contributed by atoms with Crippen LogP contribution in [0.2, 0.25) is 0 Å². The molecule has 1 heteroatoms. The molecule has 0 amide bonds. The summed E-state index contributed by atoms with van der Waals surface area (Å²) in [6, 6.07) is 18.9. The normalized spacial score (nSPS) is 11.2. The number of nitrogens with zero attached hydrogens (tertiary/aromatic N) is 1. The van der Waals surface area contributed by atoms with Crippen LogP contribution in [-0.4, -0.2) is 4.98 Å². The molecule has 3 rings (SSSR count). The maximum absolute atomic E-state index is 4.21. The van der Waals surface area contributed by atoms with E-state index in [2.05, 4.69) is 65.7 Å². The number of fused-ring (bicyclic) bond motifs is 1. The zero-order valence-corrected chi connectivity index (χ0v) is 10.9. The Morgan fingerprint density at radius 2 is 1.74 bits per heavy atom. The molecule has 92 valence electrons. The standard InChI is InChI=1S/C18H15N/c1-14-13-15(11-12-19-14)9-10-17-7-4-6-16-5-2-3-8-18(16)17/h2-13H,1H3/b10-9+. The number of hydrogen-bond donors (Lipinski definition) is 0. The molecule has 0 aliphatic rings. The van der Waals surface area contributed by atoms with Crippen LogP contribution in [0.5, 0.6) is 0 Å². The molecule has 0 saturated heterocycles. The molecule has 1 nitrogen and oxygen atoms in total. The summed E-state index contributed by atoms with van der Waals surface area (Å²) in [5.41, 5.74) is 3.47. The summed E-state index contributed by atoms with van der Waals surface area (Å²) in [6.07, 6.45) is 6.14. The summed E-state index contributed by atoms with van der Waals surface area (Å²) >= 11 is 0. The van der Waals surface area contributed by atoms with Gasteiger partial charge in [-0.05, 0) is 41.0 Å². The Hall–Kier alpha value is -2.41. The number of pyridine rings is 1. The van der Waals surface area contributed by atoms with Crippen molar-refractivity contribution in [2.75, 3.05) is 0 Å². The van der Waals surface area contributed by atoms with Crippen LogP contribution in [0.1, 0.15) is 16.8 Å². The average Bonchev–Trinajstić information content (AvgIpc) is 2.45. The number of benzene rings is 2. The van der Waals surface area contributed by atoms with Crippen LogP contribution in [0.25, 0.3) is 22.9 Å². The van der Waals surface area contributed by atoms with Gasteiger partial charge in [0, 0.05) is 11.9 Å². The lowest BCUT2D eigenvalue weighted by Gasteiger charge is -2.02. The summed E-state index contributed by atoms with van der Waals surface area (Å²) in [7, 11) is 0. The minimum Gasteiger partial charge on any atom is -0.262 e. The molecule has 2 aromatic carbocycles. The Labute approximate surface area is 113 Å².